The van der Waals surface area contributed by atoms with E-state index in [2.05, 4.69) is 5.32 Å². The van der Waals surface area contributed by atoms with Gasteiger partial charge in [0.15, 0.2) is 5.11 Å². The summed E-state index contributed by atoms with van der Waals surface area (Å²) in [5.41, 5.74) is 3.12. The molecule has 1 heterocycles. The maximum Gasteiger partial charge on any atom is 0.335 e. The first-order valence-electron chi connectivity index (χ1n) is 7.79. The number of rotatable bonds is 4. The Morgan fingerprint density at radius 1 is 1.24 bits per heavy atom. The third-order valence-corrected chi connectivity index (χ3v) is 4.21. The number of nitrogens with one attached hydrogen (secondary N) is 1. The molecule has 0 unspecified atom stereocenters. The fraction of sp³-hybridized carbons (Fsp3) is 0.105. The lowest BCUT2D eigenvalue weighted by Crippen LogP contribution is -2.30. The van der Waals surface area contributed by atoms with E-state index in [1.54, 1.807) is 18.2 Å². The first-order chi connectivity index (χ1) is 12.0. The van der Waals surface area contributed by atoms with Crippen LogP contribution in [0.1, 0.15) is 28.4 Å². The maximum absolute atomic E-state index is 12.7. The van der Waals surface area contributed by atoms with E-state index in [0.29, 0.717) is 16.4 Å². The number of hydrogen-bond acceptors (Lipinski definition) is 3. The van der Waals surface area contributed by atoms with E-state index in [1.807, 2.05) is 31.2 Å². The highest BCUT2D eigenvalue weighted by Gasteiger charge is 2.31. The Bertz CT molecular complexity index is 888. The lowest BCUT2D eigenvalue weighted by molar-refractivity contribution is -0.113. The van der Waals surface area contributed by atoms with Crippen LogP contribution in [0.3, 0.4) is 0 Å². The second kappa shape index (κ2) is 6.86. The highest BCUT2D eigenvalue weighted by atomic mass is 32.1. The zero-order valence-electron chi connectivity index (χ0n) is 13.5. The highest BCUT2D eigenvalue weighted by Crippen LogP contribution is 2.23. The number of carboxylic acids is 1. The molecule has 1 saturated heterocycles. The summed E-state index contributed by atoms with van der Waals surface area (Å²) >= 11 is 5.30. The van der Waals surface area contributed by atoms with E-state index < -0.39 is 5.97 Å². The molecule has 25 heavy (non-hydrogen) atoms. The van der Waals surface area contributed by atoms with Crippen LogP contribution in [0.5, 0.6) is 0 Å². The molecule has 0 bridgehead atoms. The third kappa shape index (κ3) is 3.44. The SMILES string of the molecule is CCc1cccc(N2C(=O)/C(=C\c3ccc(C(=O)O)cc3)NC2=S)c1. The summed E-state index contributed by atoms with van der Waals surface area (Å²) in [5, 5.41) is 12.2. The van der Waals surface area contributed by atoms with Crippen LogP contribution in [0.15, 0.2) is 54.2 Å². The molecule has 2 aromatic rings. The molecule has 0 atom stereocenters. The molecular formula is C19H16N2O3S. The second-order valence-corrected chi connectivity index (χ2v) is 5.97. The van der Waals surface area contributed by atoms with Gasteiger partial charge in [0.25, 0.3) is 5.91 Å². The van der Waals surface area contributed by atoms with E-state index in [0.717, 1.165) is 17.7 Å². The third-order valence-electron chi connectivity index (χ3n) is 3.92. The molecule has 3 rings (SSSR count). The number of carboxylic acid groups (broad SMARTS) is 1. The fourth-order valence-corrected chi connectivity index (χ4v) is 2.87. The van der Waals surface area contributed by atoms with Crippen molar-refractivity contribution < 1.29 is 14.7 Å². The van der Waals surface area contributed by atoms with Gasteiger partial charge in [0, 0.05) is 0 Å². The van der Waals surface area contributed by atoms with E-state index in [-0.39, 0.29) is 11.5 Å². The number of carbonyl (C=O) groups excluding carboxylic acids is 1. The number of aryl methyl sites for hydroxylation is 1. The minimum atomic E-state index is -0.988. The van der Waals surface area contributed by atoms with Crippen molar-refractivity contribution in [1.29, 1.82) is 0 Å². The predicted molar refractivity (Wildman–Crippen MR) is 100 cm³/mol. The van der Waals surface area contributed by atoms with Crippen molar-refractivity contribution in [3.63, 3.8) is 0 Å². The number of amides is 1. The van der Waals surface area contributed by atoms with Gasteiger partial charge < -0.3 is 10.4 Å². The van der Waals surface area contributed by atoms with Crippen molar-refractivity contribution in [2.45, 2.75) is 13.3 Å². The largest absolute Gasteiger partial charge is 0.478 e. The average Bonchev–Trinajstić information content (AvgIpc) is 2.89. The Kier molecular flexibility index (Phi) is 4.63. The monoisotopic (exact) mass is 352 g/mol. The summed E-state index contributed by atoms with van der Waals surface area (Å²) in [5.74, 6) is -1.22. The molecule has 1 aliphatic heterocycles. The number of hydrogen-bond donors (Lipinski definition) is 2. The van der Waals surface area contributed by atoms with Gasteiger partial charge in [0.05, 0.1) is 11.3 Å². The highest BCUT2D eigenvalue weighted by molar-refractivity contribution is 7.80. The van der Waals surface area contributed by atoms with Gasteiger partial charge >= 0.3 is 5.97 Å². The Balaban J connectivity index is 1.88. The maximum atomic E-state index is 12.7. The fourth-order valence-electron chi connectivity index (χ4n) is 2.57. The van der Waals surface area contributed by atoms with Gasteiger partial charge in [-0.05, 0) is 60.1 Å². The Morgan fingerprint density at radius 2 is 1.96 bits per heavy atom. The number of anilines is 1. The van der Waals surface area contributed by atoms with Gasteiger partial charge in [-0.1, -0.05) is 31.2 Å². The Labute approximate surface area is 150 Å². The summed E-state index contributed by atoms with van der Waals surface area (Å²) in [6, 6.07) is 14.0. The van der Waals surface area contributed by atoms with Gasteiger partial charge in [0.1, 0.15) is 5.70 Å². The lowest BCUT2D eigenvalue weighted by Gasteiger charge is -2.14. The van der Waals surface area contributed by atoms with Crippen molar-refractivity contribution in [1.82, 2.24) is 5.32 Å². The average molecular weight is 352 g/mol. The van der Waals surface area contributed by atoms with Crippen LogP contribution >= 0.6 is 12.2 Å². The first kappa shape index (κ1) is 16.9. The van der Waals surface area contributed by atoms with Crippen molar-refractivity contribution in [3.8, 4) is 0 Å². The Hall–Kier alpha value is -2.99. The number of nitrogens with zero attached hydrogens (tertiary/aromatic N) is 1. The normalized spacial score (nSPS) is 15.6. The van der Waals surface area contributed by atoms with Crippen LogP contribution in [0.25, 0.3) is 6.08 Å². The topological polar surface area (TPSA) is 69.6 Å². The standard InChI is InChI=1S/C19H16N2O3S/c1-2-12-4-3-5-15(10-12)21-17(22)16(20-19(21)25)11-13-6-8-14(9-7-13)18(23)24/h3-11H,2H2,1H3,(H,20,25)(H,23,24)/b16-11+. The molecule has 5 nitrogen and oxygen atoms in total. The molecular weight excluding hydrogens is 336 g/mol. The minimum absolute atomic E-state index is 0.196. The molecule has 126 valence electrons. The molecule has 1 aliphatic rings. The first-order valence-corrected chi connectivity index (χ1v) is 8.20. The van der Waals surface area contributed by atoms with Crippen LogP contribution in [-0.4, -0.2) is 22.1 Å². The minimum Gasteiger partial charge on any atom is -0.478 e. The van der Waals surface area contributed by atoms with Crippen molar-refractivity contribution in [2.75, 3.05) is 4.90 Å². The van der Waals surface area contributed by atoms with E-state index in [9.17, 15) is 9.59 Å². The molecule has 0 saturated carbocycles. The van der Waals surface area contributed by atoms with Crippen molar-refractivity contribution in [2.24, 2.45) is 0 Å². The van der Waals surface area contributed by atoms with Gasteiger partial charge in [-0.15, -0.1) is 0 Å². The summed E-state index contributed by atoms with van der Waals surface area (Å²) < 4.78 is 0. The lowest BCUT2D eigenvalue weighted by atomic mass is 10.1. The van der Waals surface area contributed by atoms with Crippen LogP contribution in [0.4, 0.5) is 5.69 Å². The number of carbonyl (C=O) groups is 2. The Morgan fingerprint density at radius 3 is 2.60 bits per heavy atom. The van der Waals surface area contributed by atoms with E-state index in [1.165, 1.54) is 17.0 Å². The smallest absolute Gasteiger partial charge is 0.335 e. The zero-order chi connectivity index (χ0) is 18.0. The van der Waals surface area contributed by atoms with Gasteiger partial charge in [-0.2, -0.15) is 0 Å². The molecule has 2 N–H and O–H groups in total. The number of benzene rings is 2. The molecule has 1 fully saturated rings. The van der Waals surface area contributed by atoms with E-state index in [4.69, 9.17) is 17.3 Å². The molecule has 0 spiro atoms. The van der Waals surface area contributed by atoms with Crippen LogP contribution in [0, 0.1) is 0 Å². The number of aromatic carboxylic acids is 1. The quantitative estimate of drug-likeness (QED) is 0.653. The zero-order valence-corrected chi connectivity index (χ0v) is 14.3. The van der Waals surface area contributed by atoms with Crippen LogP contribution in [0.2, 0.25) is 0 Å². The summed E-state index contributed by atoms with van der Waals surface area (Å²) in [7, 11) is 0. The van der Waals surface area contributed by atoms with Gasteiger partial charge in [0.2, 0.25) is 0 Å². The summed E-state index contributed by atoms with van der Waals surface area (Å²) in [6.45, 7) is 2.05. The summed E-state index contributed by atoms with van der Waals surface area (Å²) in [4.78, 5) is 25.1. The van der Waals surface area contributed by atoms with E-state index >= 15 is 0 Å². The predicted octanol–water partition coefficient (Wildman–Crippen LogP) is 3.21. The van der Waals surface area contributed by atoms with Gasteiger partial charge in [-0.3, -0.25) is 9.69 Å². The van der Waals surface area contributed by atoms with Crippen molar-refractivity contribution >= 4 is 41.0 Å². The van der Waals surface area contributed by atoms with Gasteiger partial charge in [-0.25, -0.2) is 4.79 Å². The molecule has 0 aliphatic carbocycles. The summed E-state index contributed by atoms with van der Waals surface area (Å²) in [6.07, 6.45) is 2.53. The second-order valence-electron chi connectivity index (χ2n) is 5.58. The number of thiocarbonyl (C=S) groups is 1. The molecule has 0 radical (unpaired) electrons. The molecule has 2 aromatic carbocycles. The molecule has 1 amide bonds. The molecule has 0 aromatic heterocycles. The van der Waals surface area contributed by atoms with Crippen LogP contribution < -0.4 is 10.2 Å². The molecule has 6 heteroatoms. The van der Waals surface area contributed by atoms with Crippen molar-refractivity contribution in [3.05, 3.63) is 70.9 Å². The van der Waals surface area contributed by atoms with Crippen LogP contribution in [-0.2, 0) is 11.2 Å².